The molecular weight excluding hydrogens is 406 g/mol. The molecule has 0 radical (unpaired) electrons. The number of nitrogens with zero attached hydrogens (tertiary/aromatic N) is 1. The molecule has 2 aromatic heterocycles. The van der Waals surface area contributed by atoms with Crippen LogP contribution >= 0.6 is 22.7 Å². The Morgan fingerprint density at radius 2 is 2.00 bits per heavy atom. The monoisotopic (exact) mass is 431 g/mol. The van der Waals surface area contributed by atoms with Crippen LogP contribution in [0.3, 0.4) is 0 Å². The highest BCUT2D eigenvalue weighted by molar-refractivity contribution is 7.92. The Bertz CT molecular complexity index is 901. The van der Waals surface area contributed by atoms with Crippen molar-refractivity contribution in [1.82, 2.24) is 9.71 Å². The highest BCUT2D eigenvalue weighted by atomic mass is 32.2. The number of thiazole rings is 1. The Hall–Kier alpha value is -1.49. The van der Waals surface area contributed by atoms with E-state index in [9.17, 15) is 13.2 Å². The SMILES string of the molecule is CCc1sc(NC(=O)NS(=O)(=O)c2cc(C)c(CCOC)s2)nc1C(C)C. The van der Waals surface area contributed by atoms with E-state index < -0.39 is 16.1 Å². The van der Waals surface area contributed by atoms with Crippen molar-refractivity contribution < 1.29 is 17.9 Å². The molecule has 27 heavy (non-hydrogen) atoms. The van der Waals surface area contributed by atoms with Crippen molar-refractivity contribution >= 4 is 43.9 Å². The van der Waals surface area contributed by atoms with Crippen molar-refractivity contribution in [3.8, 4) is 0 Å². The van der Waals surface area contributed by atoms with E-state index in [-0.39, 0.29) is 10.1 Å². The number of anilines is 1. The minimum Gasteiger partial charge on any atom is -0.384 e. The molecule has 0 saturated heterocycles. The van der Waals surface area contributed by atoms with Gasteiger partial charge in [0.25, 0.3) is 10.0 Å². The maximum absolute atomic E-state index is 12.5. The topological polar surface area (TPSA) is 97.4 Å². The van der Waals surface area contributed by atoms with Crippen LogP contribution in [0.4, 0.5) is 9.93 Å². The molecular formula is C17H25N3O4S3. The molecule has 0 unspecified atom stereocenters. The number of aryl methyl sites for hydroxylation is 2. The summed E-state index contributed by atoms with van der Waals surface area (Å²) in [6, 6.07) is 0.756. The summed E-state index contributed by atoms with van der Waals surface area (Å²) in [5, 5.41) is 2.93. The third-order valence-electron chi connectivity index (χ3n) is 3.84. The van der Waals surface area contributed by atoms with Gasteiger partial charge in [-0.05, 0) is 30.9 Å². The van der Waals surface area contributed by atoms with Crippen LogP contribution in [-0.2, 0) is 27.6 Å². The van der Waals surface area contributed by atoms with Gasteiger partial charge in [-0.1, -0.05) is 20.8 Å². The molecule has 0 atom stereocenters. The molecule has 0 saturated carbocycles. The van der Waals surface area contributed by atoms with E-state index in [1.165, 1.54) is 11.3 Å². The molecule has 0 fully saturated rings. The van der Waals surface area contributed by atoms with Crippen LogP contribution in [-0.4, -0.2) is 33.1 Å². The Balaban J connectivity index is 2.10. The summed E-state index contributed by atoms with van der Waals surface area (Å²) >= 11 is 2.51. The molecule has 0 aliphatic heterocycles. The van der Waals surface area contributed by atoms with Crippen LogP contribution < -0.4 is 10.0 Å². The molecule has 0 bridgehead atoms. The van der Waals surface area contributed by atoms with E-state index in [0.717, 1.165) is 38.8 Å². The molecule has 0 aliphatic rings. The van der Waals surface area contributed by atoms with Crippen molar-refractivity contribution in [3.05, 3.63) is 27.1 Å². The second-order valence-corrected chi connectivity index (χ2v) is 10.4. The summed E-state index contributed by atoms with van der Waals surface area (Å²) in [4.78, 5) is 18.6. The first kappa shape index (κ1) is 21.8. The summed E-state index contributed by atoms with van der Waals surface area (Å²) in [7, 11) is -2.34. The van der Waals surface area contributed by atoms with Gasteiger partial charge in [-0.2, -0.15) is 0 Å². The molecule has 10 heteroatoms. The van der Waals surface area contributed by atoms with Crippen LogP contribution in [0.1, 0.15) is 47.7 Å². The lowest BCUT2D eigenvalue weighted by Gasteiger charge is -2.05. The summed E-state index contributed by atoms with van der Waals surface area (Å²) in [6.07, 6.45) is 1.44. The van der Waals surface area contributed by atoms with E-state index >= 15 is 0 Å². The van der Waals surface area contributed by atoms with Crippen LogP contribution in [0.15, 0.2) is 10.3 Å². The minimum absolute atomic E-state index is 0.109. The number of amides is 2. The van der Waals surface area contributed by atoms with Gasteiger partial charge < -0.3 is 4.74 Å². The number of nitrogens with one attached hydrogen (secondary N) is 2. The molecule has 2 heterocycles. The maximum atomic E-state index is 12.5. The number of sulfonamides is 1. The number of aromatic nitrogens is 1. The zero-order valence-electron chi connectivity index (χ0n) is 16.1. The summed E-state index contributed by atoms with van der Waals surface area (Å²) in [5.41, 5.74) is 1.80. The fraction of sp³-hybridized carbons (Fsp3) is 0.529. The third-order valence-corrected chi connectivity index (χ3v) is 8.07. The first-order valence-electron chi connectivity index (χ1n) is 8.59. The average Bonchev–Trinajstić information content (AvgIpc) is 3.16. The van der Waals surface area contributed by atoms with Crippen molar-refractivity contribution in [1.29, 1.82) is 0 Å². The molecule has 2 aromatic rings. The van der Waals surface area contributed by atoms with Crippen LogP contribution in [0.5, 0.6) is 0 Å². The van der Waals surface area contributed by atoms with E-state index in [1.54, 1.807) is 13.2 Å². The molecule has 0 spiro atoms. The molecule has 0 aromatic carbocycles. The Morgan fingerprint density at radius 3 is 2.56 bits per heavy atom. The summed E-state index contributed by atoms with van der Waals surface area (Å²) in [5.74, 6) is 0.234. The second-order valence-electron chi connectivity index (χ2n) is 6.31. The second kappa shape index (κ2) is 9.13. The van der Waals surface area contributed by atoms with Gasteiger partial charge in [0.2, 0.25) is 0 Å². The Morgan fingerprint density at radius 1 is 1.30 bits per heavy atom. The predicted molar refractivity (Wildman–Crippen MR) is 110 cm³/mol. The molecule has 2 rings (SSSR count). The number of methoxy groups -OCH3 is 1. The number of hydrogen-bond acceptors (Lipinski definition) is 7. The number of hydrogen-bond donors (Lipinski definition) is 2. The number of rotatable bonds is 8. The number of carbonyl (C=O) groups excluding carboxylic acids is 1. The normalized spacial score (nSPS) is 11.8. The third kappa shape index (κ3) is 5.50. The molecule has 2 amide bonds. The number of thiophene rings is 1. The first-order valence-corrected chi connectivity index (χ1v) is 11.7. The largest absolute Gasteiger partial charge is 0.384 e. The molecule has 2 N–H and O–H groups in total. The van der Waals surface area contributed by atoms with Gasteiger partial charge in [0, 0.05) is 23.3 Å². The van der Waals surface area contributed by atoms with Gasteiger partial charge in [0.15, 0.2) is 5.13 Å². The van der Waals surface area contributed by atoms with Gasteiger partial charge >= 0.3 is 6.03 Å². The highest BCUT2D eigenvalue weighted by Crippen LogP contribution is 2.29. The molecule has 7 nitrogen and oxygen atoms in total. The maximum Gasteiger partial charge on any atom is 0.334 e. The number of ether oxygens (including phenoxy) is 1. The Labute approximate surface area is 168 Å². The summed E-state index contributed by atoms with van der Waals surface area (Å²) < 4.78 is 32.2. The average molecular weight is 432 g/mol. The lowest BCUT2D eigenvalue weighted by atomic mass is 10.1. The fourth-order valence-electron chi connectivity index (χ4n) is 2.48. The number of urea groups is 1. The van der Waals surface area contributed by atoms with Gasteiger partial charge in [-0.25, -0.2) is 22.9 Å². The van der Waals surface area contributed by atoms with Crippen LogP contribution in [0, 0.1) is 6.92 Å². The quantitative estimate of drug-likeness (QED) is 0.661. The van der Waals surface area contributed by atoms with E-state index in [1.807, 2.05) is 27.7 Å². The standard InChI is InChI=1S/C17H25N3O4S3/c1-6-12-15(10(2)3)18-17(26-12)19-16(21)20-27(22,23)14-9-11(4)13(25-14)7-8-24-5/h9-10H,6-8H2,1-5H3,(H2,18,19,20,21). The van der Waals surface area contributed by atoms with Crippen molar-refractivity contribution in [2.45, 2.75) is 50.7 Å². The minimum atomic E-state index is -3.94. The summed E-state index contributed by atoms with van der Waals surface area (Å²) in [6.45, 7) is 8.44. The fourth-order valence-corrected chi connectivity index (χ4v) is 6.01. The predicted octanol–water partition coefficient (Wildman–Crippen LogP) is 3.90. The molecule has 150 valence electrons. The van der Waals surface area contributed by atoms with E-state index in [0.29, 0.717) is 18.2 Å². The highest BCUT2D eigenvalue weighted by Gasteiger charge is 2.22. The van der Waals surface area contributed by atoms with Gasteiger partial charge in [0.05, 0.1) is 12.3 Å². The van der Waals surface area contributed by atoms with Crippen molar-refractivity contribution in [2.24, 2.45) is 0 Å². The Kier molecular flexibility index (Phi) is 7.38. The van der Waals surface area contributed by atoms with Gasteiger partial charge in [0.1, 0.15) is 4.21 Å². The van der Waals surface area contributed by atoms with Gasteiger partial charge in [-0.15, -0.1) is 22.7 Å². The smallest absolute Gasteiger partial charge is 0.334 e. The first-order chi connectivity index (χ1) is 12.7. The van der Waals surface area contributed by atoms with Crippen molar-refractivity contribution in [2.75, 3.05) is 19.0 Å². The van der Waals surface area contributed by atoms with E-state index in [4.69, 9.17) is 4.74 Å². The van der Waals surface area contributed by atoms with Gasteiger partial charge in [-0.3, -0.25) is 5.32 Å². The zero-order valence-corrected chi connectivity index (χ0v) is 18.5. The lowest BCUT2D eigenvalue weighted by molar-refractivity contribution is 0.203. The number of carbonyl (C=O) groups is 1. The molecule has 0 aliphatic carbocycles. The van der Waals surface area contributed by atoms with Crippen LogP contribution in [0.2, 0.25) is 0 Å². The lowest BCUT2D eigenvalue weighted by Crippen LogP contribution is -2.33. The van der Waals surface area contributed by atoms with Crippen LogP contribution in [0.25, 0.3) is 0 Å². The zero-order chi connectivity index (χ0) is 20.2. The van der Waals surface area contributed by atoms with Crippen molar-refractivity contribution in [3.63, 3.8) is 0 Å². The van der Waals surface area contributed by atoms with E-state index in [2.05, 4.69) is 15.0 Å².